The van der Waals surface area contributed by atoms with Gasteiger partial charge in [-0.25, -0.2) is 8.42 Å². The lowest BCUT2D eigenvalue weighted by Crippen LogP contribution is -2.08. The van der Waals surface area contributed by atoms with E-state index in [2.05, 4.69) is 0 Å². The molecule has 0 bridgehead atoms. The fraction of sp³-hybridized carbons (Fsp3) is 1.00. The quantitative estimate of drug-likeness (QED) is 0.496. The summed E-state index contributed by atoms with van der Waals surface area (Å²) in [5, 5.41) is 0. The molecule has 0 aliphatic rings. The average molecular weight is 229 g/mol. The van der Waals surface area contributed by atoms with E-state index in [1.54, 1.807) is 0 Å². The molecule has 0 N–H and O–H groups in total. The zero-order chi connectivity index (χ0) is 10.3. The second-order valence-corrected chi connectivity index (χ2v) is 5.94. The van der Waals surface area contributed by atoms with Crippen LogP contribution < -0.4 is 0 Å². The first-order chi connectivity index (χ1) is 5.95. The van der Waals surface area contributed by atoms with Crippen molar-refractivity contribution in [1.82, 2.24) is 0 Å². The van der Waals surface area contributed by atoms with Gasteiger partial charge in [0.25, 0.3) is 0 Å². The third-order valence-electron chi connectivity index (χ3n) is 1.76. The first kappa shape index (κ1) is 13.2. The van der Waals surface area contributed by atoms with Gasteiger partial charge in [-0.05, 0) is 26.2 Å². The molecular weight excluding hydrogens is 212 g/mol. The van der Waals surface area contributed by atoms with Gasteiger partial charge >= 0.3 is 0 Å². The topological polar surface area (TPSA) is 43.4 Å². The molecule has 0 spiro atoms. The van der Waals surface area contributed by atoms with Crippen LogP contribution in [0.1, 0.15) is 33.1 Å². The molecule has 0 aromatic heterocycles. The summed E-state index contributed by atoms with van der Waals surface area (Å²) in [7, 11) is 1.72. The molecule has 0 aromatic carbocycles. The Hall–Kier alpha value is 0.200. The molecule has 0 saturated heterocycles. The van der Waals surface area contributed by atoms with Crippen LogP contribution in [0.5, 0.6) is 0 Å². The van der Waals surface area contributed by atoms with E-state index in [1.165, 1.54) is 0 Å². The van der Waals surface area contributed by atoms with Crippen LogP contribution in [-0.2, 0) is 13.8 Å². The Morgan fingerprint density at radius 2 is 2.00 bits per heavy atom. The third-order valence-corrected chi connectivity index (χ3v) is 3.00. The second-order valence-electron chi connectivity index (χ2n) is 3.04. The number of halogens is 1. The largest absolute Gasteiger partial charge is 0.379 e. The highest BCUT2D eigenvalue weighted by Crippen LogP contribution is 2.03. The van der Waals surface area contributed by atoms with E-state index >= 15 is 0 Å². The molecule has 0 rings (SSSR count). The fourth-order valence-corrected chi connectivity index (χ4v) is 1.66. The van der Waals surface area contributed by atoms with Crippen LogP contribution in [0.4, 0.5) is 0 Å². The molecule has 0 aliphatic carbocycles. The van der Waals surface area contributed by atoms with Gasteiger partial charge in [0.2, 0.25) is 9.05 Å². The van der Waals surface area contributed by atoms with Gasteiger partial charge in [-0.2, -0.15) is 0 Å². The maximum atomic E-state index is 10.5. The highest BCUT2D eigenvalue weighted by atomic mass is 35.7. The predicted molar refractivity (Wildman–Crippen MR) is 54.6 cm³/mol. The van der Waals surface area contributed by atoms with Gasteiger partial charge in [0.15, 0.2) is 0 Å². The molecule has 5 heteroatoms. The summed E-state index contributed by atoms with van der Waals surface area (Å²) in [6, 6.07) is 0. The number of hydrogen-bond donors (Lipinski definition) is 0. The zero-order valence-corrected chi connectivity index (χ0v) is 9.70. The molecule has 3 nitrogen and oxygen atoms in total. The van der Waals surface area contributed by atoms with Crippen LogP contribution in [0.15, 0.2) is 0 Å². The molecule has 80 valence electrons. The molecule has 0 aliphatic heterocycles. The van der Waals surface area contributed by atoms with E-state index < -0.39 is 9.05 Å². The summed E-state index contributed by atoms with van der Waals surface area (Å²) in [5.41, 5.74) is 0. The van der Waals surface area contributed by atoms with E-state index in [0.29, 0.717) is 13.0 Å². The molecular formula is C8H17ClO3S. The van der Waals surface area contributed by atoms with Gasteiger partial charge in [0.1, 0.15) is 0 Å². The smallest absolute Gasteiger partial charge is 0.232 e. The Kier molecular flexibility index (Phi) is 6.73. The van der Waals surface area contributed by atoms with Crippen LogP contribution >= 0.6 is 10.7 Å². The lowest BCUT2D eigenvalue weighted by atomic mass is 10.3. The van der Waals surface area contributed by atoms with Crippen molar-refractivity contribution in [2.75, 3.05) is 12.4 Å². The molecule has 0 fully saturated rings. The Morgan fingerprint density at radius 1 is 1.38 bits per heavy atom. The number of ether oxygens (including phenoxy) is 1. The second kappa shape index (κ2) is 6.62. The van der Waals surface area contributed by atoms with Crippen molar-refractivity contribution in [3.63, 3.8) is 0 Å². The van der Waals surface area contributed by atoms with Crippen LogP contribution in [0.25, 0.3) is 0 Å². The third kappa shape index (κ3) is 10.1. The summed E-state index contributed by atoms with van der Waals surface area (Å²) in [4.78, 5) is 0. The van der Waals surface area contributed by atoms with Gasteiger partial charge in [-0.1, -0.05) is 6.92 Å². The van der Waals surface area contributed by atoms with E-state index in [0.717, 1.165) is 12.8 Å². The minimum absolute atomic E-state index is 0.0401. The average Bonchev–Trinajstić information content (AvgIpc) is 2.01. The highest BCUT2D eigenvalue weighted by Gasteiger charge is 2.04. The van der Waals surface area contributed by atoms with Crippen molar-refractivity contribution in [2.24, 2.45) is 0 Å². The van der Waals surface area contributed by atoms with Crippen LogP contribution in [0, 0.1) is 0 Å². The van der Waals surface area contributed by atoms with E-state index in [-0.39, 0.29) is 11.9 Å². The summed E-state index contributed by atoms with van der Waals surface area (Å²) in [6.45, 7) is 4.66. The molecule has 1 unspecified atom stereocenters. The standard InChI is InChI=1S/C8H17ClO3S/c1-3-8(2)12-6-4-5-7-13(9,10)11/h8H,3-7H2,1-2H3. The van der Waals surface area contributed by atoms with Crippen LogP contribution in [-0.4, -0.2) is 26.9 Å². The Bertz CT molecular complexity index is 213. The van der Waals surface area contributed by atoms with Gasteiger partial charge in [-0.3, -0.25) is 0 Å². The van der Waals surface area contributed by atoms with E-state index in [9.17, 15) is 8.42 Å². The maximum Gasteiger partial charge on any atom is 0.232 e. The fourth-order valence-electron chi connectivity index (χ4n) is 0.779. The van der Waals surface area contributed by atoms with E-state index in [1.807, 2.05) is 13.8 Å². The SMILES string of the molecule is CCC(C)OCCCCS(=O)(=O)Cl. The van der Waals surface area contributed by atoms with Crippen LogP contribution in [0.2, 0.25) is 0 Å². The van der Waals surface area contributed by atoms with Crippen molar-refractivity contribution in [3.8, 4) is 0 Å². The lowest BCUT2D eigenvalue weighted by molar-refractivity contribution is 0.0618. The van der Waals surface area contributed by atoms with Crippen molar-refractivity contribution in [2.45, 2.75) is 39.2 Å². The van der Waals surface area contributed by atoms with Gasteiger partial charge in [0, 0.05) is 17.3 Å². The molecule has 0 saturated carbocycles. The summed E-state index contributed by atoms with van der Waals surface area (Å²) in [6.07, 6.45) is 2.56. The monoisotopic (exact) mass is 228 g/mol. The zero-order valence-electron chi connectivity index (χ0n) is 8.12. The van der Waals surface area contributed by atoms with Gasteiger partial charge in [-0.15, -0.1) is 0 Å². The van der Waals surface area contributed by atoms with Crippen molar-refractivity contribution in [1.29, 1.82) is 0 Å². The van der Waals surface area contributed by atoms with Crippen LogP contribution in [0.3, 0.4) is 0 Å². The predicted octanol–water partition coefficient (Wildman–Crippen LogP) is 2.15. The Labute approximate surface area is 84.8 Å². The molecule has 1 atom stereocenters. The summed E-state index contributed by atoms with van der Waals surface area (Å²) >= 11 is 0. The highest BCUT2D eigenvalue weighted by molar-refractivity contribution is 8.13. The molecule has 0 aromatic rings. The first-order valence-corrected chi connectivity index (χ1v) is 6.97. The summed E-state index contributed by atoms with van der Waals surface area (Å²) < 4.78 is 26.4. The minimum Gasteiger partial charge on any atom is -0.379 e. The van der Waals surface area contributed by atoms with Gasteiger partial charge in [0.05, 0.1) is 11.9 Å². The van der Waals surface area contributed by atoms with Crippen molar-refractivity contribution < 1.29 is 13.2 Å². The number of rotatable bonds is 7. The minimum atomic E-state index is -3.31. The Balaban J connectivity index is 3.27. The van der Waals surface area contributed by atoms with Gasteiger partial charge < -0.3 is 4.74 Å². The van der Waals surface area contributed by atoms with Crippen molar-refractivity contribution in [3.05, 3.63) is 0 Å². The summed E-state index contributed by atoms with van der Waals surface area (Å²) in [5.74, 6) is 0.0401. The number of hydrogen-bond acceptors (Lipinski definition) is 3. The maximum absolute atomic E-state index is 10.5. The molecule has 0 amide bonds. The Morgan fingerprint density at radius 3 is 2.46 bits per heavy atom. The normalized spacial score (nSPS) is 14.4. The van der Waals surface area contributed by atoms with Crippen molar-refractivity contribution >= 4 is 19.7 Å². The van der Waals surface area contributed by atoms with E-state index in [4.69, 9.17) is 15.4 Å². The first-order valence-electron chi connectivity index (χ1n) is 4.49. The lowest BCUT2D eigenvalue weighted by Gasteiger charge is -2.09. The number of unbranched alkanes of at least 4 members (excludes halogenated alkanes) is 1. The molecule has 13 heavy (non-hydrogen) atoms. The molecule has 0 radical (unpaired) electrons. The molecule has 0 heterocycles.